The lowest BCUT2D eigenvalue weighted by Gasteiger charge is -2.38. The highest BCUT2D eigenvalue weighted by Crippen LogP contribution is 2.39. The maximum Gasteiger partial charge on any atom is 0.319 e. The van der Waals surface area contributed by atoms with Gasteiger partial charge in [-0.05, 0) is 24.3 Å². The zero-order valence-corrected chi connectivity index (χ0v) is 11.2. The second-order valence-electron chi connectivity index (χ2n) is 5.10. The Kier molecular flexibility index (Phi) is 3.71. The van der Waals surface area contributed by atoms with Crippen LogP contribution in [0.15, 0.2) is 12.3 Å². The van der Waals surface area contributed by atoms with E-state index in [1.54, 1.807) is 0 Å². The largest absolute Gasteiger partial charge is 0.351 e. The topological polar surface area (TPSA) is 85.1 Å². The average Bonchev–Trinajstić information content (AvgIpc) is 2.32. The van der Waals surface area contributed by atoms with Crippen LogP contribution in [0.25, 0.3) is 0 Å². The third-order valence-electron chi connectivity index (χ3n) is 3.54. The molecule has 0 bridgehead atoms. The molecule has 102 valence electrons. The lowest BCUT2D eigenvalue weighted by Crippen LogP contribution is -2.40. The van der Waals surface area contributed by atoms with Crippen LogP contribution in [0.5, 0.6) is 0 Å². The Labute approximate surface area is 115 Å². The number of amides is 1. The highest BCUT2D eigenvalue weighted by molar-refractivity contribution is 6.32. The molecule has 6 nitrogen and oxygen atoms in total. The minimum atomic E-state index is -0.685. The first-order valence-electron chi connectivity index (χ1n) is 6.00. The first-order valence-corrected chi connectivity index (χ1v) is 6.38. The molecule has 0 aliphatic heterocycles. The molecule has 0 saturated heterocycles. The van der Waals surface area contributed by atoms with Gasteiger partial charge >= 0.3 is 5.69 Å². The second kappa shape index (κ2) is 5.13. The fourth-order valence-corrected chi connectivity index (χ4v) is 2.36. The maximum atomic E-state index is 12.0. The number of aromatic nitrogens is 1. The lowest BCUT2D eigenvalue weighted by atomic mass is 9.70. The number of carbonyl (C=O) groups is 1. The van der Waals surface area contributed by atoms with E-state index in [-0.39, 0.29) is 16.1 Å². The predicted octanol–water partition coefficient (Wildman–Crippen LogP) is 2.56. The molecule has 0 unspecified atom stereocenters. The van der Waals surface area contributed by atoms with Crippen molar-refractivity contribution in [1.29, 1.82) is 0 Å². The molecule has 1 aromatic rings. The highest BCUT2D eigenvalue weighted by Gasteiger charge is 2.33. The van der Waals surface area contributed by atoms with Crippen molar-refractivity contribution >= 4 is 23.2 Å². The zero-order valence-electron chi connectivity index (χ0n) is 10.5. The van der Waals surface area contributed by atoms with Crippen LogP contribution in [-0.4, -0.2) is 22.4 Å². The van der Waals surface area contributed by atoms with Gasteiger partial charge in [-0.25, -0.2) is 4.98 Å². The Hall–Kier alpha value is -1.69. The van der Waals surface area contributed by atoms with Crippen molar-refractivity contribution in [3.8, 4) is 0 Å². The predicted molar refractivity (Wildman–Crippen MR) is 70.2 cm³/mol. The standard InChI is InChI=1S/C12H14ClN3O3/c1-12(4-2-5-12)7-15-11(17)8-3-6-14-10(13)9(8)16(18)19/h3,6H,2,4-5,7H2,1H3,(H,15,17). The Bertz CT molecular complexity index is 529. The van der Waals surface area contributed by atoms with E-state index in [1.165, 1.54) is 12.3 Å². The summed E-state index contributed by atoms with van der Waals surface area (Å²) in [4.78, 5) is 25.9. The molecule has 2 rings (SSSR count). The number of nitrogens with one attached hydrogen (secondary N) is 1. The quantitative estimate of drug-likeness (QED) is 0.523. The van der Waals surface area contributed by atoms with Crippen molar-refractivity contribution in [1.82, 2.24) is 10.3 Å². The average molecular weight is 284 g/mol. The SMILES string of the molecule is CC1(CNC(=O)c2ccnc(Cl)c2[N+](=O)[O-])CCC1. The number of pyridine rings is 1. The van der Waals surface area contributed by atoms with Gasteiger partial charge in [0.2, 0.25) is 5.15 Å². The van der Waals surface area contributed by atoms with E-state index in [4.69, 9.17) is 11.6 Å². The van der Waals surface area contributed by atoms with E-state index in [0.29, 0.717) is 6.54 Å². The van der Waals surface area contributed by atoms with Gasteiger partial charge in [-0.15, -0.1) is 0 Å². The van der Waals surface area contributed by atoms with Gasteiger partial charge in [0.25, 0.3) is 5.91 Å². The highest BCUT2D eigenvalue weighted by atomic mass is 35.5. The Morgan fingerprint density at radius 3 is 2.84 bits per heavy atom. The summed E-state index contributed by atoms with van der Waals surface area (Å²) in [6.07, 6.45) is 4.57. The molecule has 1 N–H and O–H groups in total. The van der Waals surface area contributed by atoms with Crippen LogP contribution >= 0.6 is 11.6 Å². The van der Waals surface area contributed by atoms with Crippen molar-refractivity contribution in [2.24, 2.45) is 5.41 Å². The number of nitro groups is 1. The van der Waals surface area contributed by atoms with Crippen molar-refractivity contribution in [2.45, 2.75) is 26.2 Å². The van der Waals surface area contributed by atoms with Crippen LogP contribution in [0.3, 0.4) is 0 Å². The number of hydrogen-bond donors (Lipinski definition) is 1. The monoisotopic (exact) mass is 283 g/mol. The lowest BCUT2D eigenvalue weighted by molar-refractivity contribution is -0.385. The van der Waals surface area contributed by atoms with Crippen molar-refractivity contribution in [2.75, 3.05) is 6.54 Å². The smallest absolute Gasteiger partial charge is 0.319 e. The molecule has 1 heterocycles. The van der Waals surface area contributed by atoms with Gasteiger partial charge in [0.05, 0.1) is 4.92 Å². The van der Waals surface area contributed by atoms with Crippen LogP contribution < -0.4 is 5.32 Å². The molecule has 1 aliphatic rings. The van der Waals surface area contributed by atoms with E-state index < -0.39 is 16.5 Å². The summed E-state index contributed by atoms with van der Waals surface area (Å²) < 4.78 is 0. The summed E-state index contributed by atoms with van der Waals surface area (Å²) in [5.74, 6) is -0.482. The minimum Gasteiger partial charge on any atom is -0.351 e. The molecule has 7 heteroatoms. The molecule has 0 radical (unpaired) electrons. The molecule has 1 aromatic heterocycles. The van der Waals surface area contributed by atoms with Crippen LogP contribution in [0.2, 0.25) is 5.15 Å². The molecule has 1 aliphatic carbocycles. The van der Waals surface area contributed by atoms with Gasteiger partial charge in [-0.3, -0.25) is 14.9 Å². The van der Waals surface area contributed by atoms with Gasteiger partial charge in [-0.2, -0.15) is 0 Å². The molecule has 1 saturated carbocycles. The Balaban J connectivity index is 2.14. The van der Waals surface area contributed by atoms with Crippen LogP contribution in [0.1, 0.15) is 36.5 Å². The molecule has 0 spiro atoms. The fraction of sp³-hybridized carbons (Fsp3) is 0.500. The van der Waals surface area contributed by atoms with Crippen LogP contribution in [0.4, 0.5) is 5.69 Å². The van der Waals surface area contributed by atoms with E-state index in [1.807, 2.05) is 0 Å². The molecule has 0 aromatic carbocycles. The van der Waals surface area contributed by atoms with Gasteiger partial charge in [0.15, 0.2) is 0 Å². The fourth-order valence-electron chi connectivity index (χ4n) is 2.13. The summed E-state index contributed by atoms with van der Waals surface area (Å²) in [6, 6.07) is 1.31. The van der Waals surface area contributed by atoms with Crippen molar-refractivity contribution < 1.29 is 9.72 Å². The van der Waals surface area contributed by atoms with E-state index in [9.17, 15) is 14.9 Å². The molecule has 19 heavy (non-hydrogen) atoms. The zero-order chi connectivity index (χ0) is 14.0. The van der Waals surface area contributed by atoms with Crippen molar-refractivity contribution in [3.05, 3.63) is 33.1 Å². The first kappa shape index (κ1) is 13.7. The van der Waals surface area contributed by atoms with Gasteiger partial charge in [0.1, 0.15) is 5.56 Å². The summed E-state index contributed by atoms with van der Waals surface area (Å²) in [5, 5.41) is 13.4. The van der Waals surface area contributed by atoms with Gasteiger partial charge < -0.3 is 5.32 Å². The number of nitrogens with zero attached hydrogens (tertiary/aromatic N) is 2. The third kappa shape index (κ3) is 2.84. The Morgan fingerprint density at radius 2 is 2.32 bits per heavy atom. The molecule has 0 atom stereocenters. The van der Waals surface area contributed by atoms with E-state index >= 15 is 0 Å². The van der Waals surface area contributed by atoms with E-state index in [2.05, 4.69) is 17.2 Å². The molecular formula is C12H14ClN3O3. The van der Waals surface area contributed by atoms with Gasteiger partial charge in [-0.1, -0.05) is 24.9 Å². The first-order chi connectivity index (χ1) is 8.93. The van der Waals surface area contributed by atoms with Crippen LogP contribution in [0, 0.1) is 15.5 Å². The molecular weight excluding hydrogens is 270 g/mol. The van der Waals surface area contributed by atoms with Crippen LogP contribution in [-0.2, 0) is 0 Å². The number of halogens is 1. The number of rotatable bonds is 4. The second-order valence-corrected chi connectivity index (χ2v) is 5.46. The number of carbonyl (C=O) groups excluding carboxylic acids is 1. The summed E-state index contributed by atoms with van der Waals surface area (Å²) in [5.41, 5.74) is -0.380. The van der Waals surface area contributed by atoms with Crippen molar-refractivity contribution in [3.63, 3.8) is 0 Å². The third-order valence-corrected chi connectivity index (χ3v) is 3.82. The summed E-state index contributed by atoms with van der Waals surface area (Å²) in [6.45, 7) is 2.60. The minimum absolute atomic E-state index is 0.0482. The summed E-state index contributed by atoms with van der Waals surface area (Å²) in [7, 11) is 0. The molecule has 1 amide bonds. The Morgan fingerprint density at radius 1 is 1.63 bits per heavy atom. The summed E-state index contributed by atoms with van der Waals surface area (Å²) >= 11 is 5.66. The number of hydrogen-bond acceptors (Lipinski definition) is 4. The maximum absolute atomic E-state index is 12.0. The van der Waals surface area contributed by atoms with Gasteiger partial charge in [0, 0.05) is 12.7 Å². The normalized spacial score (nSPS) is 16.5. The van der Waals surface area contributed by atoms with E-state index in [0.717, 1.165) is 19.3 Å². The molecule has 1 fully saturated rings.